The first-order chi connectivity index (χ1) is 13.2. The molecule has 0 atom stereocenters. The molecule has 0 aliphatic carbocycles. The Balaban J connectivity index is 1.81. The summed E-state index contributed by atoms with van der Waals surface area (Å²) < 4.78 is 2.74. The maximum absolute atomic E-state index is 6.01. The Labute approximate surface area is 169 Å². The number of rotatable bonds is 4. The van der Waals surface area contributed by atoms with Crippen LogP contribution in [0.5, 0.6) is 0 Å². The van der Waals surface area contributed by atoms with Crippen LogP contribution in [-0.2, 0) is 0 Å². The van der Waals surface area contributed by atoms with Crippen molar-refractivity contribution in [1.29, 1.82) is 0 Å². The van der Waals surface area contributed by atoms with Gasteiger partial charge in [-0.15, -0.1) is 10.2 Å². The third kappa shape index (κ3) is 3.97. The smallest absolute Gasteiger partial charge is 0.185 e. The van der Waals surface area contributed by atoms with Crippen molar-refractivity contribution in [2.45, 2.75) is 0 Å². The van der Waals surface area contributed by atoms with E-state index in [4.69, 9.17) is 11.6 Å². The topological polar surface area (TPSA) is 56.0 Å². The normalized spacial score (nSPS) is 11.2. The summed E-state index contributed by atoms with van der Waals surface area (Å²) in [6, 6.07) is 19.1. The quantitative estimate of drug-likeness (QED) is 0.406. The van der Waals surface area contributed by atoms with E-state index >= 15 is 0 Å². The summed E-state index contributed by atoms with van der Waals surface area (Å²) in [5.41, 5.74) is 2.72. The molecule has 2 heterocycles. The molecule has 4 aromatic rings. The Morgan fingerprint density at radius 3 is 2.04 bits per heavy atom. The van der Waals surface area contributed by atoms with Crippen molar-refractivity contribution in [2.24, 2.45) is 5.10 Å². The monoisotopic (exact) mass is 437 g/mol. The summed E-state index contributed by atoms with van der Waals surface area (Å²) in [6.07, 6.45) is 5.21. The molecule has 4 rings (SSSR count). The SMILES string of the molecule is Clc1ccc(-c2nnc(-c3ccncc3)n2/N=C/c2ccc(Br)cc2)cc1. The van der Waals surface area contributed by atoms with Crippen molar-refractivity contribution < 1.29 is 0 Å². The van der Waals surface area contributed by atoms with Crippen LogP contribution in [0.3, 0.4) is 0 Å². The largest absolute Gasteiger partial charge is 0.265 e. The van der Waals surface area contributed by atoms with Crippen molar-refractivity contribution in [3.05, 3.63) is 88.1 Å². The van der Waals surface area contributed by atoms with Crippen molar-refractivity contribution in [3.8, 4) is 22.8 Å². The van der Waals surface area contributed by atoms with E-state index in [-0.39, 0.29) is 0 Å². The number of hydrogen-bond acceptors (Lipinski definition) is 4. The van der Waals surface area contributed by atoms with Crippen LogP contribution >= 0.6 is 27.5 Å². The number of benzene rings is 2. The molecule has 0 N–H and O–H groups in total. The van der Waals surface area contributed by atoms with Crippen LogP contribution in [0.15, 0.2) is 82.6 Å². The second-order valence-electron chi connectivity index (χ2n) is 5.70. The minimum absolute atomic E-state index is 0.631. The summed E-state index contributed by atoms with van der Waals surface area (Å²) >= 11 is 9.45. The zero-order chi connectivity index (χ0) is 18.6. The average molecular weight is 439 g/mol. The molecule has 2 aromatic carbocycles. The molecule has 0 fully saturated rings. The standard InChI is InChI=1S/C20H13BrClN5/c21-17-5-1-14(2-6-17)13-24-27-19(15-3-7-18(22)8-4-15)25-26-20(27)16-9-11-23-12-10-16/h1-13H/b24-13+. The maximum atomic E-state index is 6.01. The summed E-state index contributed by atoms with van der Waals surface area (Å²) in [6.45, 7) is 0. The van der Waals surface area contributed by atoms with Gasteiger partial charge in [0.05, 0.1) is 6.21 Å². The Morgan fingerprint density at radius 1 is 0.815 bits per heavy atom. The van der Waals surface area contributed by atoms with E-state index in [0.717, 1.165) is 21.2 Å². The van der Waals surface area contributed by atoms with Crippen molar-refractivity contribution in [3.63, 3.8) is 0 Å². The predicted molar refractivity (Wildman–Crippen MR) is 111 cm³/mol. The van der Waals surface area contributed by atoms with E-state index in [2.05, 4.69) is 36.2 Å². The number of aromatic nitrogens is 4. The molecule has 0 spiro atoms. The molecule has 0 bridgehead atoms. The van der Waals surface area contributed by atoms with Gasteiger partial charge >= 0.3 is 0 Å². The molecular weight excluding hydrogens is 426 g/mol. The van der Waals surface area contributed by atoms with Gasteiger partial charge in [-0.3, -0.25) is 4.98 Å². The fraction of sp³-hybridized carbons (Fsp3) is 0. The molecule has 0 amide bonds. The average Bonchev–Trinajstić information content (AvgIpc) is 3.13. The molecule has 0 radical (unpaired) electrons. The Morgan fingerprint density at radius 2 is 1.41 bits per heavy atom. The van der Waals surface area contributed by atoms with Crippen molar-refractivity contribution in [2.75, 3.05) is 0 Å². The van der Waals surface area contributed by atoms with Gasteiger partial charge in [-0.1, -0.05) is 39.7 Å². The third-order valence-corrected chi connectivity index (χ3v) is 4.65. The molecule has 27 heavy (non-hydrogen) atoms. The highest BCUT2D eigenvalue weighted by molar-refractivity contribution is 9.10. The zero-order valence-electron chi connectivity index (χ0n) is 14.0. The van der Waals surface area contributed by atoms with Gasteiger partial charge in [-0.25, -0.2) is 0 Å². The second-order valence-corrected chi connectivity index (χ2v) is 7.05. The third-order valence-electron chi connectivity index (χ3n) is 3.87. The fourth-order valence-electron chi connectivity index (χ4n) is 2.52. The van der Waals surface area contributed by atoms with E-state index in [1.807, 2.05) is 60.7 Å². The summed E-state index contributed by atoms with van der Waals surface area (Å²) in [7, 11) is 0. The van der Waals surface area contributed by atoms with Crippen LogP contribution in [0, 0.1) is 0 Å². The number of hydrogen-bond donors (Lipinski definition) is 0. The van der Waals surface area contributed by atoms with Crippen LogP contribution in [0.1, 0.15) is 5.56 Å². The van der Waals surface area contributed by atoms with Crippen LogP contribution in [0.25, 0.3) is 22.8 Å². The van der Waals surface area contributed by atoms with Crippen molar-refractivity contribution in [1.82, 2.24) is 19.9 Å². The Kier molecular flexibility index (Phi) is 5.09. The van der Waals surface area contributed by atoms with E-state index in [1.165, 1.54) is 0 Å². The lowest BCUT2D eigenvalue weighted by Crippen LogP contribution is -1.98. The van der Waals surface area contributed by atoms with Crippen LogP contribution in [-0.4, -0.2) is 26.1 Å². The van der Waals surface area contributed by atoms with Gasteiger partial charge in [0.2, 0.25) is 0 Å². The number of nitrogens with zero attached hydrogens (tertiary/aromatic N) is 5. The van der Waals surface area contributed by atoms with Crippen molar-refractivity contribution >= 4 is 33.7 Å². The number of pyridine rings is 1. The number of halogens is 2. The van der Waals surface area contributed by atoms with Gasteiger partial charge in [0.1, 0.15) is 0 Å². The van der Waals surface area contributed by atoms with Gasteiger partial charge in [-0.2, -0.15) is 9.78 Å². The second kappa shape index (κ2) is 7.82. The van der Waals surface area contributed by atoms with Crippen LogP contribution in [0.4, 0.5) is 0 Å². The molecule has 0 aliphatic rings. The lowest BCUT2D eigenvalue weighted by molar-refractivity contribution is 0.897. The molecule has 132 valence electrons. The maximum Gasteiger partial charge on any atom is 0.185 e. The molecule has 0 saturated heterocycles. The lowest BCUT2D eigenvalue weighted by Gasteiger charge is -2.05. The lowest BCUT2D eigenvalue weighted by atomic mass is 10.2. The predicted octanol–water partition coefficient (Wildman–Crippen LogP) is 5.31. The molecule has 0 aliphatic heterocycles. The Hall–Kier alpha value is -2.83. The van der Waals surface area contributed by atoms with Gasteiger partial charge in [0, 0.05) is 33.0 Å². The first-order valence-electron chi connectivity index (χ1n) is 8.12. The van der Waals surface area contributed by atoms with Gasteiger partial charge in [0.25, 0.3) is 0 Å². The molecule has 0 unspecified atom stereocenters. The first-order valence-corrected chi connectivity index (χ1v) is 9.29. The zero-order valence-corrected chi connectivity index (χ0v) is 16.3. The highest BCUT2D eigenvalue weighted by atomic mass is 79.9. The van der Waals surface area contributed by atoms with Crippen LogP contribution in [0.2, 0.25) is 5.02 Å². The van der Waals surface area contributed by atoms with E-state index in [9.17, 15) is 0 Å². The molecular formula is C20H13BrClN5. The Bertz CT molecular complexity index is 1070. The minimum Gasteiger partial charge on any atom is -0.265 e. The summed E-state index contributed by atoms with van der Waals surface area (Å²) in [4.78, 5) is 4.06. The summed E-state index contributed by atoms with van der Waals surface area (Å²) in [5, 5.41) is 14.0. The van der Waals surface area contributed by atoms with Gasteiger partial charge in [0.15, 0.2) is 11.6 Å². The molecule has 5 nitrogen and oxygen atoms in total. The van der Waals surface area contributed by atoms with Gasteiger partial charge in [-0.05, 0) is 54.1 Å². The molecule has 0 saturated carbocycles. The van der Waals surface area contributed by atoms with E-state index < -0.39 is 0 Å². The molecule has 2 aromatic heterocycles. The molecule has 7 heteroatoms. The van der Waals surface area contributed by atoms with Gasteiger partial charge < -0.3 is 0 Å². The first kappa shape index (κ1) is 17.6. The van der Waals surface area contributed by atoms with E-state index in [0.29, 0.717) is 16.7 Å². The summed E-state index contributed by atoms with van der Waals surface area (Å²) in [5.74, 6) is 1.27. The minimum atomic E-state index is 0.631. The van der Waals surface area contributed by atoms with Crippen LogP contribution < -0.4 is 0 Å². The fourth-order valence-corrected chi connectivity index (χ4v) is 2.91. The highest BCUT2D eigenvalue weighted by Gasteiger charge is 2.15. The van der Waals surface area contributed by atoms with E-state index in [1.54, 1.807) is 23.3 Å². The highest BCUT2D eigenvalue weighted by Crippen LogP contribution is 2.25.